The van der Waals surface area contributed by atoms with Crippen LogP contribution < -0.4 is 5.32 Å². The molecule has 0 unspecified atom stereocenters. The van der Waals surface area contributed by atoms with Gasteiger partial charge in [0.1, 0.15) is 17.8 Å². The molecular formula is C16H21N5O2. The molecule has 122 valence electrons. The van der Waals surface area contributed by atoms with E-state index in [0.717, 1.165) is 29.7 Å². The second-order valence-corrected chi connectivity index (χ2v) is 5.88. The number of likely N-dealkylation sites (tertiary alicyclic amines) is 1. The molecule has 7 nitrogen and oxygen atoms in total. The van der Waals surface area contributed by atoms with Crippen molar-refractivity contribution >= 4 is 22.8 Å². The minimum atomic E-state index is -0.560. The zero-order chi connectivity index (χ0) is 16.4. The Morgan fingerprint density at radius 2 is 2.39 bits per heavy atom. The van der Waals surface area contributed by atoms with Gasteiger partial charge in [0.25, 0.3) is 0 Å². The van der Waals surface area contributed by atoms with Crippen molar-refractivity contribution in [2.45, 2.75) is 38.0 Å². The summed E-state index contributed by atoms with van der Waals surface area (Å²) in [6.07, 6.45) is 5.66. The minimum absolute atomic E-state index is 0.0712. The molecule has 3 heterocycles. The third-order valence-electron chi connectivity index (χ3n) is 4.34. The number of aromatic nitrogens is 3. The molecule has 1 saturated heterocycles. The number of carbonyl (C=O) groups is 1. The molecule has 2 aromatic heterocycles. The normalized spacial score (nSPS) is 22.8. The highest BCUT2D eigenvalue weighted by Crippen LogP contribution is 2.25. The number of carbonyl (C=O) groups excluding carboxylic acids is 1. The third kappa shape index (κ3) is 3.05. The average molecular weight is 315 g/mol. The lowest BCUT2D eigenvalue weighted by atomic mass is 9.94. The molecule has 0 saturated carbocycles. The lowest BCUT2D eigenvalue weighted by Crippen LogP contribution is -2.54. The first-order valence-corrected chi connectivity index (χ1v) is 7.76. The van der Waals surface area contributed by atoms with Crippen LogP contribution in [-0.2, 0) is 4.79 Å². The molecule has 1 aliphatic rings. The Labute approximate surface area is 134 Å². The molecular weight excluding hydrogens is 294 g/mol. The van der Waals surface area contributed by atoms with Gasteiger partial charge in [-0.25, -0.2) is 9.97 Å². The Morgan fingerprint density at radius 1 is 1.57 bits per heavy atom. The monoisotopic (exact) mass is 315 g/mol. The predicted octanol–water partition coefficient (Wildman–Crippen LogP) is 1.30. The fourth-order valence-corrected chi connectivity index (χ4v) is 3.16. The van der Waals surface area contributed by atoms with Gasteiger partial charge < -0.3 is 20.3 Å². The van der Waals surface area contributed by atoms with Gasteiger partial charge in [-0.15, -0.1) is 0 Å². The van der Waals surface area contributed by atoms with E-state index in [1.54, 1.807) is 11.8 Å². The molecule has 7 heteroatoms. The Bertz CT molecular complexity index is 711. The van der Waals surface area contributed by atoms with Gasteiger partial charge >= 0.3 is 0 Å². The Morgan fingerprint density at radius 3 is 3.13 bits per heavy atom. The van der Waals surface area contributed by atoms with E-state index < -0.39 is 6.10 Å². The van der Waals surface area contributed by atoms with Gasteiger partial charge in [0.15, 0.2) is 0 Å². The van der Waals surface area contributed by atoms with Crippen molar-refractivity contribution in [3.8, 4) is 0 Å². The minimum Gasteiger partial charge on any atom is -0.391 e. The highest BCUT2D eigenvalue weighted by Gasteiger charge is 2.33. The van der Waals surface area contributed by atoms with Crippen molar-refractivity contribution < 1.29 is 9.90 Å². The Balaban J connectivity index is 1.78. The second kappa shape index (κ2) is 6.37. The molecule has 3 rings (SSSR count). The number of rotatable bonds is 4. The Hall–Kier alpha value is -2.41. The summed E-state index contributed by atoms with van der Waals surface area (Å²) in [7, 11) is 0. The van der Waals surface area contributed by atoms with E-state index >= 15 is 0 Å². The number of anilines is 1. The van der Waals surface area contributed by atoms with Crippen molar-refractivity contribution in [1.29, 1.82) is 0 Å². The summed E-state index contributed by atoms with van der Waals surface area (Å²) < 4.78 is 0. The molecule has 3 N–H and O–H groups in total. The average Bonchev–Trinajstić information content (AvgIpc) is 3.03. The largest absolute Gasteiger partial charge is 0.391 e. The van der Waals surface area contributed by atoms with E-state index in [9.17, 15) is 9.90 Å². The van der Waals surface area contributed by atoms with E-state index in [0.29, 0.717) is 6.54 Å². The van der Waals surface area contributed by atoms with Crippen LogP contribution in [0.4, 0.5) is 5.82 Å². The van der Waals surface area contributed by atoms with Crippen LogP contribution in [0.15, 0.2) is 31.2 Å². The molecule has 1 fully saturated rings. The molecule has 0 aliphatic carbocycles. The van der Waals surface area contributed by atoms with Crippen molar-refractivity contribution in [2.24, 2.45) is 0 Å². The number of hydrogen-bond acceptors (Lipinski definition) is 5. The summed E-state index contributed by atoms with van der Waals surface area (Å²) in [5.74, 6) is 0.597. The van der Waals surface area contributed by atoms with Crippen LogP contribution in [0.3, 0.4) is 0 Å². The van der Waals surface area contributed by atoms with E-state index in [1.165, 1.54) is 12.4 Å². The first kappa shape index (κ1) is 15.5. The zero-order valence-electron chi connectivity index (χ0n) is 13.1. The zero-order valence-corrected chi connectivity index (χ0v) is 13.1. The smallest absolute Gasteiger partial charge is 0.246 e. The number of nitrogens with zero attached hydrogens (tertiary/aromatic N) is 3. The van der Waals surface area contributed by atoms with Gasteiger partial charge in [0.05, 0.1) is 17.5 Å². The van der Waals surface area contributed by atoms with Gasteiger partial charge in [-0.05, 0) is 31.9 Å². The summed E-state index contributed by atoms with van der Waals surface area (Å²) in [6, 6.07) is 1.82. The molecule has 0 bridgehead atoms. The number of H-pyrrole nitrogens is 1. The van der Waals surface area contributed by atoms with Crippen molar-refractivity contribution in [1.82, 2.24) is 19.9 Å². The number of nitrogens with one attached hydrogen (secondary N) is 2. The topological polar surface area (TPSA) is 94.1 Å². The van der Waals surface area contributed by atoms with Crippen molar-refractivity contribution in [3.63, 3.8) is 0 Å². The Kier molecular flexibility index (Phi) is 4.29. The number of aromatic amines is 1. The van der Waals surface area contributed by atoms with Crippen LogP contribution in [0.2, 0.25) is 0 Å². The molecule has 0 aromatic carbocycles. The number of fused-ring (bicyclic) bond motifs is 1. The molecule has 0 spiro atoms. The van der Waals surface area contributed by atoms with Gasteiger partial charge in [0, 0.05) is 18.8 Å². The highest BCUT2D eigenvalue weighted by molar-refractivity contribution is 5.88. The fourth-order valence-electron chi connectivity index (χ4n) is 3.16. The van der Waals surface area contributed by atoms with Crippen LogP contribution in [0.25, 0.3) is 11.0 Å². The van der Waals surface area contributed by atoms with E-state index in [1.807, 2.05) is 12.3 Å². The predicted molar refractivity (Wildman–Crippen MR) is 87.9 cm³/mol. The number of hydrogen-bond donors (Lipinski definition) is 3. The maximum absolute atomic E-state index is 12.1. The lowest BCUT2D eigenvalue weighted by molar-refractivity contribution is -0.132. The summed E-state index contributed by atoms with van der Waals surface area (Å²) in [5.41, 5.74) is 0.777. The van der Waals surface area contributed by atoms with Crippen molar-refractivity contribution in [3.05, 3.63) is 31.2 Å². The number of aliphatic hydroxyl groups excluding tert-OH is 1. The summed E-state index contributed by atoms with van der Waals surface area (Å²) in [4.78, 5) is 25.3. The maximum atomic E-state index is 12.1. The third-order valence-corrected chi connectivity index (χ3v) is 4.34. The summed E-state index contributed by atoms with van der Waals surface area (Å²) >= 11 is 0. The molecule has 0 radical (unpaired) electrons. The second-order valence-electron chi connectivity index (χ2n) is 5.88. The van der Waals surface area contributed by atoms with Crippen LogP contribution in [0.5, 0.6) is 0 Å². The van der Waals surface area contributed by atoms with Crippen LogP contribution in [0.1, 0.15) is 19.8 Å². The molecule has 23 heavy (non-hydrogen) atoms. The van der Waals surface area contributed by atoms with Crippen LogP contribution in [0, 0.1) is 0 Å². The maximum Gasteiger partial charge on any atom is 0.246 e. The summed E-state index contributed by atoms with van der Waals surface area (Å²) in [5, 5.41) is 14.2. The highest BCUT2D eigenvalue weighted by atomic mass is 16.3. The molecule has 3 atom stereocenters. The number of amides is 1. The van der Waals surface area contributed by atoms with E-state index in [4.69, 9.17) is 0 Å². The molecule has 2 aromatic rings. The standard InChI is InChI=1S/C16H21N5O2/c1-3-14(23)21-8-11(4-5-13(21)10(2)22)20-16-12-6-7-17-15(12)18-9-19-16/h3,6-7,9-11,13,22H,1,4-5,8H2,2H3,(H2,17,18,19,20)/t10-,11+,13+/m0/s1. The van der Waals surface area contributed by atoms with Gasteiger partial charge in [-0.2, -0.15) is 0 Å². The van der Waals surface area contributed by atoms with Gasteiger partial charge in [-0.3, -0.25) is 4.79 Å². The van der Waals surface area contributed by atoms with E-state index in [2.05, 4.69) is 26.8 Å². The van der Waals surface area contributed by atoms with Gasteiger partial charge in [-0.1, -0.05) is 6.58 Å². The van der Waals surface area contributed by atoms with Gasteiger partial charge in [0.2, 0.25) is 5.91 Å². The summed E-state index contributed by atoms with van der Waals surface area (Å²) in [6.45, 7) is 5.78. The first-order valence-electron chi connectivity index (χ1n) is 7.76. The molecule has 1 amide bonds. The first-order chi connectivity index (χ1) is 11.1. The quantitative estimate of drug-likeness (QED) is 0.739. The number of piperidine rings is 1. The van der Waals surface area contributed by atoms with Crippen molar-refractivity contribution in [2.75, 3.05) is 11.9 Å². The molecule has 1 aliphatic heterocycles. The SMILES string of the molecule is C=CC(=O)N1C[C@H](Nc2ncnc3[nH]ccc23)CC[C@@H]1[C@H](C)O. The number of aliphatic hydroxyl groups is 1. The van der Waals surface area contributed by atoms with Crippen LogP contribution >= 0.6 is 0 Å². The van der Waals surface area contributed by atoms with Crippen LogP contribution in [-0.4, -0.2) is 55.6 Å². The fraction of sp³-hybridized carbons (Fsp3) is 0.438. The lowest BCUT2D eigenvalue weighted by Gasteiger charge is -2.41. The van der Waals surface area contributed by atoms with E-state index in [-0.39, 0.29) is 18.0 Å².